The molecule has 0 amide bonds. The van der Waals surface area contributed by atoms with Crippen molar-refractivity contribution in [1.82, 2.24) is 4.89 Å². The third-order valence-electron chi connectivity index (χ3n) is 3.76. The summed E-state index contributed by atoms with van der Waals surface area (Å²) in [6.45, 7) is 9.99. The lowest BCUT2D eigenvalue weighted by Crippen LogP contribution is -2.27. The van der Waals surface area contributed by atoms with Crippen LogP contribution in [0.3, 0.4) is 0 Å². The summed E-state index contributed by atoms with van der Waals surface area (Å²) >= 11 is 0. The number of methoxy groups -OCH3 is 1. The fraction of sp³-hybridized carbons (Fsp3) is 0.571. The fourth-order valence-electron chi connectivity index (χ4n) is 2.15. The van der Waals surface area contributed by atoms with E-state index in [-0.39, 0.29) is 6.61 Å². The molecule has 114 valence electrons. The van der Waals surface area contributed by atoms with E-state index in [4.69, 9.17) is 9.57 Å². The smallest absolute Gasteiger partial charge is 0.263 e. The van der Waals surface area contributed by atoms with Gasteiger partial charge in [0.15, 0.2) is 0 Å². The van der Waals surface area contributed by atoms with Crippen LogP contribution in [0.25, 0.3) is 0 Å². The molecule has 0 unspecified atom stereocenters. The Hall–Kier alpha value is -0.950. The summed E-state index contributed by atoms with van der Waals surface area (Å²) in [6, 6.07) is 0. The van der Waals surface area contributed by atoms with Crippen molar-refractivity contribution < 1.29 is 18.0 Å². The molecular formula is C14H23NO4S. The Labute approximate surface area is 121 Å². The minimum absolute atomic E-state index is 0.164. The third-order valence-corrected chi connectivity index (χ3v) is 5.25. The van der Waals surface area contributed by atoms with Gasteiger partial charge in [0.25, 0.3) is 10.0 Å². The molecule has 0 saturated carbocycles. The molecule has 20 heavy (non-hydrogen) atoms. The van der Waals surface area contributed by atoms with E-state index in [0.29, 0.717) is 11.5 Å². The second kappa shape index (κ2) is 6.67. The van der Waals surface area contributed by atoms with Gasteiger partial charge in [0.05, 0.1) is 18.1 Å². The van der Waals surface area contributed by atoms with Gasteiger partial charge in [0, 0.05) is 7.11 Å². The Kier molecular flexibility index (Phi) is 5.70. The maximum atomic E-state index is 12.4. The molecule has 1 aromatic carbocycles. The van der Waals surface area contributed by atoms with E-state index >= 15 is 0 Å². The molecular weight excluding hydrogens is 278 g/mol. The van der Waals surface area contributed by atoms with Gasteiger partial charge in [-0.15, -0.1) is 0 Å². The third kappa shape index (κ3) is 3.38. The molecule has 0 saturated heterocycles. The highest BCUT2D eigenvalue weighted by Gasteiger charge is 2.23. The summed E-state index contributed by atoms with van der Waals surface area (Å²) in [5, 5.41) is 0. The van der Waals surface area contributed by atoms with Crippen molar-refractivity contribution in [3.63, 3.8) is 0 Å². The summed E-state index contributed by atoms with van der Waals surface area (Å²) in [5.41, 5.74) is 4.62. The van der Waals surface area contributed by atoms with Crippen molar-refractivity contribution in [1.29, 1.82) is 0 Å². The maximum Gasteiger partial charge on any atom is 0.263 e. The van der Waals surface area contributed by atoms with E-state index < -0.39 is 10.0 Å². The summed E-state index contributed by atoms with van der Waals surface area (Å²) in [6.07, 6.45) is 0. The van der Waals surface area contributed by atoms with E-state index in [0.717, 1.165) is 27.8 Å². The van der Waals surface area contributed by atoms with Gasteiger partial charge in [-0.25, -0.2) is 8.42 Å². The van der Waals surface area contributed by atoms with Crippen LogP contribution in [0.1, 0.15) is 27.8 Å². The van der Waals surface area contributed by atoms with E-state index in [2.05, 4.69) is 4.89 Å². The first kappa shape index (κ1) is 17.1. The lowest BCUT2D eigenvalue weighted by Gasteiger charge is -2.18. The van der Waals surface area contributed by atoms with Crippen molar-refractivity contribution in [2.45, 2.75) is 39.5 Å². The number of nitrogens with one attached hydrogen (secondary N) is 1. The summed E-state index contributed by atoms with van der Waals surface area (Å²) in [4.78, 5) is 7.41. The largest absolute Gasteiger partial charge is 0.382 e. The van der Waals surface area contributed by atoms with Crippen LogP contribution in [0.4, 0.5) is 0 Å². The highest BCUT2D eigenvalue weighted by atomic mass is 32.2. The van der Waals surface area contributed by atoms with Crippen molar-refractivity contribution in [2.24, 2.45) is 0 Å². The second-order valence-electron chi connectivity index (χ2n) is 4.88. The molecule has 0 aliphatic carbocycles. The van der Waals surface area contributed by atoms with Gasteiger partial charge in [-0.2, -0.15) is 0 Å². The zero-order valence-corrected chi connectivity index (χ0v) is 13.8. The summed E-state index contributed by atoms with van der Waals surface area (Å²) in [5.74, 6) is 0. The zero-order chi connectivity index (χ0) is 15.5. The van der Waals surface area contributed by atoms with Crippen LogP contribution in [0.5, 0.6) is 0 Å². The molecule has 0 atom stereocenters. The molecule has 0 fully saturated rings. The molecule has 0 aliphatic heterocycles. The van der Waals surface area contributed by atoms with Gasteiger partial charge in [0.2, 0.25) is 0 Å². The Bertz CT molecular complexity index is 565. The molecule has 1 N–H and O–H groups in total. The summed E-state index contributed by atoms with van der Waals surface area (Å²) in [7, 11) is -2.16. The van der Waals surface area contributed by atoms with Crippen molar-refractivity contribution in [3.8, 4) is 0 Å². The maximum absolute atomic E-state index is 12.4. The van der Waals surface area contributed by atoms with Crippen LogP contribution in [0, 0.1) is 34.6 Å². The van der Waals surface area contributed by atoms with E-state index in [9.17, 15) is 8.42 Å². The second-order valence-corrected chi connectivity index (χ2v) is 6.46. The van der Waals surface area contributed by atoms with Gasteiger partial charge >= 0.3 is 0 Å². The van der Waals surface area contributed by atoms with Crippen LogP contribution in [-0.4, -0.2) is 28.7 Å². The Balaban J connectivity index is 3.19. The van der Waals surface area contributed by atoms with Crippen LogP contribution in [-0.2, 0) is 19.6 Å². The molecule has 6 heteroatoms. The number of ether oxygens (including phenoxy) is 1. The Morgan fingerprint density at radius 2 is 1.30 bits per heavy atom. The first-order valence-corrected chi connectivity index (χ1v) is 7.91. The van der Waals surface area contributed by atoms with E-state index in [1.54, 1.807) is 0 Å². The van der Waals surface area contributed by atoms with E-state index in [1.807, 2.05) is 34.6 Å². The van der Waals surface area contributed by atoms with E-state index in [1.165, 1.54) is 7.11 Å². The predicted octanol–water partition coefficient (Wildman–Crippen LogP) is 2.08. The van der Waals surface area contributed by atoms with Crippen molar-refractivity contribution in [3.05, 3.63) is 27.8 Å². The Morgan fingerprint density at radius 3 is 1.75 bits per heavy atom. The van der Waals surface area contributed by atoms with Gasteiger partial charge in [-0.3, -0.25) is 4.84 Å². The van der Waals surface area contributed by atoms with Crippen LogP contribution >= 0.6 is 0 Å². The number of sulfonamides is 1. The number of hydrogen-bond donors (Lipinski definition) is 1. The molecule has 0 spiro atoms. The first-order valence-electron chi connectivity index (χ1n) is 6.43. The molecule has 0 radical (unpaired) electrons. The fourth-order valence-corrected chi connectivity index (χ4v) is 3.59. The normalized spacial score (nSPS) is 11.9. The molecule has 1 rings (SSSR count). The lowest BCUT2D eigenvalue weighted by molar-refractivity contribution is 0.0438. The van der Waals surface area contributed by atoms with Gasteiger partial charge in [0.1, 0.15) is 0 Å². The average Bonchev–Trinajstić information content (AvgIpc) is 2.39. The predicted molar refractivity (Wildman–Crippen MR) is 78.3 cm³/mol. The number of rotatable bonds is 6. The molecule has 0 aromatic heterocycles. The number of benzene rings is 1. The van der Waals surface area contributed by atoms with Crippen molar-refractivity contribution in [2.75, 3.05) is 20.3 Å². The molecule has 0 aliphatic rings. The van der Waals surface area contributed by atoms with Crippen LogP contribution in [0.15, 0.2) is 4.90 Å². The highest BCUT2D eigenvalue weighted by molar-refractivity contribution is 7.89. The molecule has 0 heterocycles. The molecule has 0 bridgehead atoms. The monoisotopic (exact) mass is 301 g/mol. The van der Waals surface area contributed by atoms with Gasteiger partial charge in [-0.1, -0.05) is 4.89 Å². The summed E-state index contributed by atoms with van der Waals surface area (Å²) < 4.78 is 29.6. The van der Waals surface area contributed by atoms with Crippen LogP contribution in [0.2, 0.25) is 0 Å². The number of hydrogen-bond acceptors (Lipinski definition) is 4. The Morgan fingerprint density at radius 1 is 0.850 bits per heavy atom. The SMILES string of the molecule is COCCONS(=O)(=O)c1c(C)c(C)c(C)c(C)c1C. The lowest BCUT2D eigenvalue weighted by atomic mass is 9.95. The minimum atomic E-state index is -3.69. The van der Waals surface area contributed by atoms with Gasteiger partial charge < -0.3 is 4.74 Å². The molecule has 5 nitrogen and oxygen atoms in total. The quantitative estimate of drug-likeness (QED) is 0.645. The zero-order valence-electron chi connectivity index (χ0n) is 13.0. The molecule has 1 aromatic rings. The first-order chi connectivity index (χ1) is 9.24. The average molecular weight is 301 g/mol. The van der Waals surface area contributed by atoms with Gasteiger partial charge in [-0.05, 0) is 62.4 Å². The highest BCUT2D eigenvalue weighted by Crippen LogP contribution is 2.29. The minimum Gasteiger partial charge on any atom is -0.382 e. The van der Waals surface area contributed by atoms with Crippen LogP contribution < -0.4 is 4.89 Å². The standard InChI is InChI=1S/C14H23NO4S/c1-9-10(2)12(4)14(13(5)11(9)3)20(16,17)15-19-8-7-18-6/h15H,7-8H2,1-6H3. The topological polar surface area (TPSA) is 64.6 Å². The van der Waals surface area contributed by atoms with Crippen molar-refractivity contribution >= 4 is 10.0 Å².